The van der Waals surface area contributed by atoms with Crippen LogP contribution in [0.5, 0.6) is 5.75 Å². The standard InChI is InChI=1S/C13H18FN3O3/c1-7(2)11(12(15)17-19)13(18)16-9-5-4-8(14)6-10(9)20-3/h4-7,11,19H,1-3H3,(H2,15,17)(H,16,18). The first-order chi connectivity index (χ1) is 9.40. The largest absolute Gasteiger partial charge is 0.494 e. The molecule has 0 heterocycles. The van der Waals surface area contributed by atoms with Crippen molar-refractivity contribution in [3.05, 3.63) is 24.0 Å². The molecule has 0 aliphatic rings. The molecule has 110 valence electrons. The Labute approximate surface area is 116 Å². The van der Waals surface area contributed by atoms with Crippen LogP contribution in [0, 0.1) is 17.7 Å². The third-order valence-electron chi connectivity index (χ3n) is 2.80. The Morgan fingerprint density at radius 2 is 2.15 bits per heavy atom. The van der Waals surface area contributed by atoms with Gasteiger partial charge in [-0.3, -0.25) is 4.79 Å². The minimum atomic E-state index is -0.797. The fourth-order valence-electron chi connectivity index (χ4n) is 1.82. The van der Waals surface area contributed by atoms with E-state index in [2.05, 4.69) is 10.5 Å². The topological polar surface area (TPSA) is 96.9 Å². The lowest BCUT2D eigenvalue weighted by molar-refractivity contribution is -0.119. The Balaban J connectivity index is 3.00. The normalized spacial score (nSPS) is 13.2. The SMILES string of the molecule is COc1cc(F)ccc1NC(=O)C(C(N)=NO)C(C)C. The van der Waals surface area contributed by atoms with Gasteiger partial charge in [0.15, 0.2) is 5.84 Å². The summed E-state index contributed by atoms with van der Waals surface area (Å²) in [6.45, 7) is 3.54. The van der Waals surface area contributed by atoms with Gasteiger partial charge in [-0.25, -0.2) is 4.39 Å². The van der Waals surface area contributed by atoms with Gasteiger partial charge in [-0.15, -0.1) is 0 Å². The predicted octanol–water partition coefficient (Wildman–Crippen LogP) is 1.79. The molecule has 0 fully saturated rings. The Hall–Kier alpha value is -2.31. The second-order valence-corrected chi connectivity index (χ2v) is 4.58. The van der Waals surface area contributed by atoms with Gasteiger partial charge in [0.25, 0.3) is 0 Å². The lowest BCUT2D eigenvalue weighted by Crippen LogP contribution is -2.38. The summed E-state index contributed by atoms with van der Waals surface area (Å²) >= 11 is 0. The molecule has 0 saturated heterocycles. The number of benzene rings is 1. The highest BCUT2D eigenvalue weighted by molar-refractivity contribution is 6.08. The van der Waals surface area contributed by atoms with E-state index in [0.717, 1.165) is 6.07 Å². The number of amides is 1. The van der Waals surface area contributed by atoms with Crippen molar-refractivity contribution < 1.29 is 19.1 Å². The van der Waals surface area contributed by atoms with Gasteiger partial charge in [0.2, 0.25) is 5.91 Å². The van der Waals surface area contributed by atoms with Crippen molar-refractivity contribution in [2.75, 3.05) is 12.4 Å². The highest BCUT2D eigenvalue weighted by atomic mass is 19.1. The number of hydrogen-bond acceptors (Lipinski definition) is 4. The van der Waals surface area contributed by atoms with Gasteiger partial charge in [-0.1, -0.05) is 19.0 Å². The molecule has 0 aliphatic heterocycles. The number of oxime groups is 1. The highest BCUT2D eigenvalue weighted by Gasteiger charge is 2.27. The van der Waals surface area contributed by atoms with Crippen molar-refractivity contribution in [1.29, 1.82) is 0 Å². The first kappa shape index (κ1) is 15.7. The number of methoxy groups -OCH3 is 1. The molecular formula is C13H18FN3O3. The highest BCUT2D eigenvalue weighted by Crippen LogP contribution is 2.26. The minimum absolute atomic E-state index is 0.169. The van der Waals surface area contributed by atoms with Crippen molar-refractivity contribution in [3.8, 4) is 5.75 Å². The van der Waals surface area contributed by atoms with Gasteiger partial charge in [0.1, 0.15) is 17.5 Å². The second-order valence-electron chi connectivity index (χ2n) is 4.58. The number of nitrogens with two attached hydrogens (primary N) is 1. The number of ether oxygens (including phenoxy) is 1. The van der Waals surface area contributed by atoms with E-state index in [0.29, 0.717) is 5.69 Å². The number of hydrogen-bond donors (Lipinski definition) is 3. The Morgan fingerprint density at radius 3 is 2.65 bits per heavy atom. The zero-order chi connectivity index (χ0) is 15.3. The van der Waals surface area contributed by atoms with Gasteiger partial charge in [-0.2, -0.15) is 0 Å². The molecule has 1 rings (SSSR count). The van der Waals surface area contributed by atoms with E-state index in [-0.39, 0.29) is 17.5 Å². The van der Waals surface area contributed by atoms with Crippen LogP contribution in [0.25, 0.3) is 0 Å². The van der Waals surface area contributed by atoms with E-state index < -0.39 is 17.6 Å². The number of carbonyl (C=O) groups is 1. The van der Waals surface area contributed by atoms with E-state index in [1.54, 1.807) is 13.8 Å². The molecule has 1 atom stereocenters. The maximum Gasteiger partial charge on any atom is 0.235 e. The fourth-order valence-corrected chi connectivity index (χ4v) is 1.82. The quantitative estimate of drug-likeness (QED) is 0.332. The summed E-state index contributed by atoms with van der Waals surface area (Å²) in [4.78, 5) is 12.2. The molecule has 0 bridgehead atoms. The van der Waals surface area contributed by atoms with Gasteiger partial charge >= 0.3 is 0 Å². The van der Waals surface area contributed by atoms with Crippen molar-refractivity contribution >= 4 is 17.4 Å². The van der Waals surface area contributed by atoms with Crippen LogP contribution in [-0.4, -0.2) is 24.1 Å². The van der Waals surface area contributed by atoms with E-state index in [9.17, 15) is 9.18 Å². The molecule has 4 N–H and O–H groups in total. The molecule has 0 aromatic heterocycles. The number of amidine groups is 1. The summed E-state index contributed by atoms with van der Waals surface area (Å²) in [6.07, 6.45) is 0. The monoisotopic (exact) mass is 283 g/mol. The number of anilines is 1. The smallest absolute Gasteiger partial charge is 0.235 e. The molecule has 20 heavy (non-hydrogen) atoms. The van der Waals surface area contributed by atoms with Crippen molar-refractivity contribution in [3.63, 3.8) is 0 Å². The molecule has 0 spiro atoms. The van der Waals surface area contributed by atoms with Crippen LogP contribution in [0.3, 0.4) is 0 Å². The summed E-state index contributed by atoms with van der Waals surface area (Å²) < 4.78 is 18.1. The third-order valence-corrected chi connectivity index (χ3v) is 2.80. The number of rotatable bonds is 5. The average Bonchev–Trinajstić information content (AvgIpc) is 2.40. The zero-order valence-electron chi connectivity index (χ0n) is 11.6. The van der Waals surface area contributed by atoms with Crippen molar-refractivity contribution in [1.82, 2.24) is 0 Å². The van der Waals surface area contributed by atoms with Crippen LogP contribution in [-0.2, 0) is 4.79 Å². The summed E-state index contributed by atoms with van der Waals surface area (Å²) in [5.74, 6) is -1.89. The number of carbonyl (C=O) groups excluding carboxylic acids is 1. The van der Waals surface area contributed by atoms with Crippen LogP contribution in [0.15, 0.2) is 23.4 Å². The molecule has 0 saturated carbocycles. The minimum Gasteiger partial charge on any atom is -0.494 e. The molecule has 7 heteroatoms. The number of nitrogens with zero attached hydrogens (tertiary/aromatic N) is 1. The summed E-state index contributed by atoms with van der Waals surface area (Å²) in [7, 11) is 1.37. The Morgan fingerprint density at radius 1 is 1.50 bits per heavy atom. The second kappa shape index (κ2) is 6.74. The molecule has 6 nitrogen and oxygen atoms in total. The molecular weight excluding hydrogens is 265 g/mol. The summed E-state index contributed by atoms with van der Waals surface area (Å²) in [6, 6.07) is 3.74. The van der Waals surface area contributed by atoms with Gasteiger partial charge in [0, 0.05) is 6.07 Å². The number of nitrogens with one attached hydrogen (secondary N) is 1. The van der Waals surface area contributed by atoms with Crippen molar-refractivity contribution in [2.45, 2.75) is 13.8 Å². The van der Waals surface area contributed by atoms with E-state index >= 15 is 0 Å². The Kier molecular flexibility index (Phi) is 5.31. The predicted molar refractivity (Wildman–Crippen MR) is 73.3 cm³/mol. The Bertz CT molecular complexity index is 518. The average molecular weight is 283 g/mol. The van der Waals surface area contributed by atoms with Crippen LogP contribution in [0.1, 0.15) is 13.8 Å². The van der Waals surface area contributed by atoms with Crippen molar-refractivity contribution in [2.24, 2.45) is 22.7 Å². The van der Waals surface area contributed by atoms with E-state index in [1.807, 2.05) is 0 Å². The molecule has 1 aromatic carbocycles. The fraction of sp³-hybridized carbons (Fsp3) is 0.385. The maximum absolute atomic E-state index is 13.1. The molecule has 0 aliphatic carbocycles. The third kappa shape index (κ3) is 3.59. The first-order valence-corrected chi connectivity index (χ1v) is 6.02. The molecule has 1 amide bonds. The summed E-state index contributed by atoms with van der Waals surface area (Å²) in [5.41, 5.74) is 5.83. The molecule has 1 unspecified atom stereocenters. The first-order valence-electron chi connectivity index (χ1n) is 6.02. The van der Waals surface area contributed by atoms with Gasteiger partial charge in [-0.05, 0) is 18.1 Å². The number of halogens is 1. The zero-order valence-corrected chi connectivity index (χ0v) is 11.6. The lowest BCUT2D eigenvalue weighted by atomic mass is 9.93. The van der Waals surface area contributed by atoms with E-state index in [4.69, 9.17) is 15.7 Å². The van der Waals surface area contributed by atoms with Crippen LogP contribution in [0.2, 0.25) is 0 Å². The molecule has 1 aromatic rings. The van der Waals surface area contributed by atoms with Crippen LogP contribution < -0.4 is 15.8 Å². The molecule has 0 radical (unpaired) electrons. The van der Waals surface area contributed by atoms with Gasteiger partial charge < -0.3 is 21.0 Å². The summed E-state index contributed by atoms with van der Waals surface area (Å²) in [5, 5.41) is 14.2. The lowest BCUT2D eigenvalue weighted by Gasteiger charge is -2.19. The van der Waals surface area contributed by atoms with Gasteiger partial charge in [0.05, 0.1) is 12.8 Å². The van der Waals surface area contributed by atoms with Crippen LogP contribution >= 0.6 is 0 Å². The van der Waals surface area contributed by atoms with Crippen LogP contribution in [0.4, 0.5) is 10.1 Å². The maximum atomic E-state index is 13.1. The van der Waals surface area contributed by atoms with E-state index in [1.165, 1.54) is 19.2 Å².